The van der Waals surface area contributed by atoms with Crippen LogP contribution in [0.15, 0.2) is 65.5 Å². The minimum absolute atomic E-state index is 0.321. The highest BCUT2D eigenvalue weighted by molar-refractivity contribution is 6.31. The molecular weight excluding hydrogens is 300 g/mol. The Kier molecular flexibility index (Phi) is 4.51. The van der Waals surface area contributed by atoms with Crippen molar-refractivity contribution in [3.63, 3.8) is 0 Å². The van der Waals surface area contributed by atoms with Gasteiger partial charge in [-0.15, -0.1) is 0 Å². The number of hydrogen-bond acceptors (Lipinski definition) is 4. The Morgan fingerprint density at radius 3 is 2.64 bits per heavy atom. The first-order chi connectivity index (χ1) is 10.7. The molecule has 1 aromatic carbocycles. The van der Waals surface area contributed by atoms with Crippen molar-refractivity contribution in [2.24, 2.45) is 0 Å². The van der Waals surface area contributed by atoms with E-state index < -0.39 is 6.10 Å². The van der Waals surface area contributed by atoms with Crippen LogP contribution in [0.1, 0.15) is 12.0 Å². The largest absolute Gasteiger partial charge is 0.424 e. The lowest BCUT2D eigenvalue weighted by Gasteiger charge is -2.16. The molecule has 1 heterocycles. The smallest absolute Gasteiger partial charge is 0.321 e. The molecule has 1 aliphatic rings. The Morgan fingerprint density at radius 1 is 1.18 bits per heavy atom. The van der Waals surface area contributed by atoms with E-state index in [9.17, 15) is 5.11 Å². The predicted octanol–water partition coefficient (Wildman–Crippen LogP) is 3.63. The van der Waals surface area contributed by atoms with E-state index in [4.69, 9.17) is 16.3 Å². The van der Waals surface area contributed by atoms with Crippen LogP contribution in [0.25, 0.3) is 0 Å². The van der Waals surface area contributed by atoms with Gasteiger partial charge in [0.25, 0.3) is 0 Å². The van der Waals surface area contributed by atoms with Crippen LogP contribution < -0.4 is 4.74 Å². The molecule has 1 unspecified atom stereocenters. The number of benzene rings is 1. The molecule has 5 heteroatoms. The quantitative estimate of drug-likeness (QED) is 0.936. The van der Waals surface area contributed by atoms with Crippen LogP contribution in [0.3, 0.4) is 0 Å². The molecule has 0 saturated heterocycles. The third-order valence-corrected chi connectivity index (χ3v) is 3.74. The molecule has 0 radical (unpaired) electrons. The molecule has 0 aliphatic heterocycles. The second-order valence-corrected chi connectivity index (χ2v) is 5.44. The first-order valence-electron chi connectivity index (χ1n) is 6.98. The summed E-state index contributed by atoms with van der Waals surface area (Å²) in [6.45, 7) is 0. The van der Waals surface area contributed by atoms with Gasteiger partial charge in [-0.3, -0.25) is 0 Å². The van der Waals surface area contributed by atoms with Crippen LogP contribution in [0.5, 0.6) is 11.8 Å². The third kappa shape index (κ3) is 3.72. The molecule has 1 aliphatic carbocycles. The molecule has 1 aromatic heterocycles. The summed E-state index contributed by atoms with van der Waals surface area (Å²) in [5, 5.41) is 10.4. The van der Waals surface area contributed by atoms with Gasteiger partial charge in [0.2, 0.25) is 0 Å². The summed E-state index contributed by atoms with van der Waals surface area (Å²) in [5.41, 5.74) is 2.15. The van der Waals surface area contributed by atoms with Crippen LogP contribution in [0.4, 0.5) is 0 Å². The average molecular weight is 315 g/mol. The highest BCUT2D eigenvalue weighted by Crippen LogP contribution is 2.26. The summed E-state index contributed by atoms with van der Waals surface area (Å²) in [6.07, 6.45) is 7.57. The van der Waals surface area contributed by atoms with Crippen LogP contribution in [0.2, 0.25) is 0 Å². The fraction of sp³-hybridized carbons (Fsp3) is 0.176. The standard InChI is InChI=1S/C17H15ClN2O2/c18-16-7-4-14(21)11-13(16)10-12-2-5-15(6-3-12)22-17-19-8-1-9-20-17/h1-9,14,21H,10-11H2. The normalized spacial score (nSPS) is 17.6. The van der Waals surface area contributed by atoms with Crippen LogP contribution in [-0.4, -0.2) is 21.2 Å². The number of aliphatic hydroxyl groups is 1. The third-order valence-electron chi connectivity index (χ3n) is 3.35. The lowest BCUT2D eigenvalue weighted by molar-refractivity contribution is 0.221. The summed E-state index contributed by atoms with van der Waals surface area (Å²) < 4.78 is 5.55. The number of aromatic nitrogens is 2. The van der Waals surface area contributed by atoms with Gasteiger partial charge in [-0.05, 0) is 48.3 Å². The van der Waals surface area contributed by atoms with Gasteiger partial charge >= 0.3 is 6.01 Å². The Bertz CT molecular complexity index is 696. The van der Waals surface area contributed by atoms with Crippen molar-refractivity contribution in [3.8, 4) is 11.8 Å². The van der Waals surface area contributed by atoms with Gasteiger partial charge < -0.3 is 9.84 Å². The maximum absolute atomic E-state index is 9.67. The number of hydrogen-bond donors (Lipinski definition) is 1. The van der Waals surface area contributed by atoms with Crippen LogP contribution >= 0.6 is 11.6 Å². The molecule has 1 atom stereocenters. The summed E-state index contributed by atoms with van der Waals surface area (Å²) >= 11 is 6.18. The monoisotopic (exact) mass is 314 g/mol. The zero-order valence-corrected chi connectivity index (χ0v) is 12.6. The van der Waals surface area contributed by atoms with E-state index in [1.807, 2.05) is 24.3 Å². The second-order valence-electron chi connectivity index (χ2n) is 5.04. The van der Waals surface area contributed by atoms with Gasteiger partial charge in [0.05, 0.1) is 6.10 Å². The van der Waals surface area contributed by atoms with Gasteiger partial charge in [-0.25, -0.2) is 9.97 Å². The van der Waals surface area contributed by atoms with E-state index >= 15 is 0 Å². The molecule has 0 amide bonds. The van der Waals surface area contributed by atoms with Crippen molar-refractivity contribution in [1.29, 1.82) is 0 Å². The van der Waals surface area contributed by atoms with E-state index in [1.165, 1.54) is 0 Å². The van der Waals surface area contributed by atoms with Gasteiger partial charge in [-0.2, -0.15) is 0 Å². The van der Waals surface area contributed by atoms with E-state index in [-0.39, 0.29) is 0 Å². The highest BCUT2D eigenvalue weighted by Gasteiger charge is 2.13. The highest BCUT2D eigenvalue weighted by atomic mass is 35.5. The topological polar surface area (TPSA) is 55.2 Å². The molecule has 112 valence electrons. The van der Waals surface area contributed by atoms with E-state index in [0.717, 1.165) is 11.1 Å². The Hall–Kier alpha value is -2.17. The summed E-state index contributed by atoms with van der Waals surface area (Å²) in [7, 11) is 0. The van der Waals surface area contributed by atoms with Crippen LogP contribution in [0, 0.1) is 0 Å². The molecule has 1 N–H and O–H groups in total. The predicted molar refractivity (Wildman–Crippen MR) is 84.9 cm³/mol. The van der Waals surface area contributed by atoms with Crippen molar-refractivity contribution >= 4 is 11.6 Å². The molecular formula is C17H15ClN2O2. The van der Waals surface area contributed by atoms with Crippen LogP contribution in [-0.2, 0) is 6.42 Å². The average Bonchev–Trinajstić information content (AvgIpc) is 2.54. The van der Waals surface area contributed by atoms with Gasteiger partial charge in [0.15, 0.2) is 0 Å². The number of allylic oxidation sites excluding steroid dienone is 2. The molecule has 22 heavy (non-hydrogen) atoms. The molecule has 0 saturated carbocycles. The van der Waals surface area contributed by atoms with E-state index in [2.05, 4.69) is 9.97 Å². The first-order valence-corrected chi connectivity index (χ1v) is 7.36. The van der Waals surface area contributed by atoms with Crippen molar-refractivity contribution in [1.82, 2.24) is 9.97 Å². The molecule has 4 nitrogen and oxygen atoms in total. The Balaban J connectivity index is 1.68. The van der Waals surface area contributed by atoms with Crippen molar-refractivity contribution in [2.75, 3.05) is 0 Å². The summed E-state index contributed by atoms with van der Waals surface area (Å²) in [5.74, 6) is 0.679. The maximum Gasteiger partial charge on any atom is 0.321 e. The van der Waals surface area contributed by atoms with Gasteiger partial charge in [0.1, 0.15) is 5.75 Å². The molecule has 0 bridgehead atoms. The molecule has 3 rings (SSSR count). The van der Waals surface area contributed by atoms with Crippen molar-refractivity contribution < 1.29 is 9.84 Å². The molecule has 0 spiro atoms. The fourth-order valence-corrected chi connectivity index (χ4v) is 2.47. The van der Waals surface area contributed by atoms with Gasteiger partial charge in [0, 0.05) is 17.4 Å². The number of aliphatic hydroxyl groups excluding tert-OH is 1. The molecule has 0 fully saturated rings. The van der Waals surface area contributed by atoms with E-state index in [1.54, 1.807) is 30.6 Å². The number of halogens is 1. The number of nitrogens with zero attached hydrogens (tertiary/aromatic N) is 2. The lowest BCUT2D eigenvalue weighted by Crippen LogP contribution is -2.10. The number of rotatable bonds is 4. The second kappa shape index (κ2) is 6.73. The maximum atomic E-state index is 9.67. The zero-order chi connectivity index (χ0) is 15.4. The Labute approximate surface area is 133 Å². The SMILES string of the molecule is OC1C=CC(Cl)=C(Cc2ccc(Oc3ncccn3)cc2)C1. The number of ether oxygens (including phenoxy) is 1. The summed E-state index contributed by atoms with van der Waals surface area (Å²) in [4.78, 5) is 8.03. The van der Waals surface area contributed by atoms with Crippen molar-refractivity contribution in [2.45, 2.75) is 18.9 Å². The minimum Gasteiger partial charge on any atom is -0.424 e. The Morgan fingerprint density at radius 2 is 1.91 bits per heavy atom. The van der Waals surface area contributed by atoms with E-state index in [0.29, 0.717) is 29.6 Å². The lowest BCUT2D eigenvalue weighted by atomic mass is 9.96. The summed E-state index contributed by atoms with van der Waals surface area (Å²) in [6, 6.07) is 9.74. The zero-order valence-electron chi connectivity index (χ0n) is 11.8. The van der Waals surface area contributed by atoms with Crippen molar-refractivity contribution in [3.05, 3.63) is 71.0 Å². The fourth-order valence-electron chi connectivity index (χ4n) is 2.25. The molecule has 2 aromatic rings. The first kappa shape index (κ1) is 14.8. The van der Waals surface area contributed by atoms with Gasteiger partial charge in [-0.1, -0.05) is 29.8 Å². The minimum atomic E-state index is -0.449.